The Kier molecular flexibility index (Phi) is 5.96. The zero-order valence-corrected chi connectivity index (χ0v) is 16.5. The van der Waals surface area contributed by atoms with Gasteiger partial charge in [-0.3, -0.25) is 18.7 Å². The van der Waals surface area contributed by atoms with Crippen molar-refractivity contribution >= 4 is 11.8 Å². The highest BCUT2D eigenvalue weighted by Crippen LogP contribution is 2.15. The highest BCUT2D eigenvalue weighted by atomic mass is 16.5. The number of carbonyl (C=O) groups excluding carboxylic acids is 2. The number of benzene rings is 1. The lowest BCUT2D eigenvalue weighted by Gasteiger charge is -2.32. The number of likely N-dealkylation sites (tertiary alicyclic amines) is 1. The molecular weight excluding hydrogens is 360 g/mol. The van der Waals surface area contributed by atoms with Gasteiger partial charge in [-0.25, -0.2) is 4.79 Å². The zero-order chi connectivity index (χ0) is 20.3. The third-order valence-electron chi connectivity index (χ3n) is 5.10. The lowest BCUT2D eigenvalue weighted by Crippen LogP contribution is -2.47. The number of piperidine rings is 1. The van der Waals surface area contributed by atoms with Crippen LogP contribution in [-0.2, 0) is 11.3 Å². The van der Waals surface area contributed by atoms with Gasteiger partial charge in [0.2, 0.25) is 5.91 Å². The second kappa shape index (κ2) is 8.41. The number of rotatable bonds is 5. The monoisotopic (exact) mass is 386 g/mol. The second-order valence-electron chi connectivity index (χ2n) is 7.49. The van der Waals surface area contributed by atoms with Crippen molar-refractivity contribution in [3.8, 4) is 0 Å². The first-order chi connectivity index (χ1) is 13.4. The number of nitrogens with zero attached hydrogens (tertiary/aromatic N) is 3. The predicted octanol–water partition coefficient (Wildman–Crippen LogP) is 1.69. The number of carbonyl (C=O) groups is 2. The van der Waals surface area contributed by atoms with Crippen LogP contribution >= 0.6 is 0 Å². The molecule has 2 heterocycles. The van der Waals surface area contributed by atoms with Crippen LogP contribution in [0.1, 0.15) is 54.4 Å². The predicted molar refractivity (Wildman–Crippen MR) is 103 cm³/mol. The Morgan fingerprint density at radius 3 is 2.57 bits per heavy atom. The van der Waals surface area contributed by atoms with Gasteiger partial charge in [0.05, 0.1) is 0 Å². The molecule has 1 aromatic heterocycles. The number of hydrogen-bond donors (Lipinski definition) is 1. The molecule has 0 radical (unpaired) electrons. The summed E-state index contributed by atoms with van der Waals surface area (Å²) >= 11 is 0. The first kappa shape index (κ1) is 19.9. The summed E-state index contributed by atoms with van der Waals surface area (Å²) in [5.74, 6) is -0.380. The van der Waals surface area contributed by atoms with Crippen molar-refractivity contribution in [2.24, 2.45) is 0 Å². The normalized spacial score (nSPS) is 15.1. The molecule has 0 saturated carbocycles. The van der Waals surface area contributed by atoms with Crippen molar-refractivity contribution in [2.75, 3.05) is 13.1 Å². The summed E-state index contributed by atoms with van der Waals surface area (Å²) in [5, 5.41) is 6.81. The maximum Gasteiger partial charge on any atom is 0.442 e. The smallest absolute Gasteiger partial charge is 0.349 e. The summed E-state index contributed by atoms with van der Waals surface area (Å²) < 4.78 is 5.99. The van der Waals surface area contributed by atoms with Crippen LogP contribution in [0, 0.1) is 6.92 Å². The van der Waals surface area contributed by atoms with Crippen LogP contribution in [0.25, 0.3) is 0 Å². The van der Waals surface area contributed by atoms with Crippen molar-refractivity contribution in [3.63, 3.8) is 0 Å². The van der Waals surface area contributed by atoms with Crippen molar-refractivity contribution in [3.05, 3.63) is 51.8 Å². The van der Waals surface area contributed by atoms with Crippen molar-refractivity contribution in [2.45, 2.75) is 52.1 Å². The number of nitrogens with one attached hydrogen (secondary N) is 1. The molecule has 0 bridgehead atoms. The van der Waals surface area contributed by atoms with E-state index < -0.39 is 5.76 Å². The van der Waals surface area contributed by atoms with Crippen LogP contribution in [0.5, 0.6) is 0 Å². The first-order valence-electron chi connectivity index (χ1n) is 9.57. The molecule has 0 aliphatic carbocycles. The minimum atomic E-state index is -0.613. The molecule has 1 saturated heterocycles. The maximum absolute atomic E-state index is 12.6. The van der Waals surface area contributed by atoms with Gasteiger partial charge >= 0.3 is 5.76 Å². The average molecular weight is 386 g/mol. The van der Waals surface area contributed by atoms with Gasteiger partial charge in [-0.1, -0.05) is 37.2 Å². The van der Waals surface area contributed by atoms with E-state index in [9.17, 15) is 14.4 Å². The van der Waals surface area contributed by atoms with Crippen molar-refractivity contribution in [1.82, 2.24) is 19.9 Å². The SMILES string of the molecule is Cc1ccccc1C(=O)NC1CCN(C(=O)Cn2c(C(C)C)noc2=O)CC1. The third kappa shape index (κ3) is 4.32. The largest absolute Gasteiger partial charge is 0.442 e. The summed E-state index contributed by atoms with van der Waals surface area (Å²) in [6, 6.07) is 7.50. The van der Waals surface area contributed by atoms with E-state index in [2.05, 4.69) is 10.5 Å². The Morgan fingerprint density at radius 2 is 1.93 bits per heavy atom. The van der Waals surface area contributed by atoms with E-state index in [0.717, 1.165) is 5.56 Å². The van der Waals surface area contributed by atoms with Gasteiger partial charge in [-0.15, -0.1) is 0 Å². The highest BCUT2D eigenvalue weighted by Gasteiger charge is 2.26. The van der Waals surface area contributed by atoms with Crippen LogP contribution in [0.4, 0.5) is 0 Å². The lowest BCUT2D eigenvalue weighted by molar-refractivity contribution is -0.133. The van der Waals surface area contributed by atoms with Crippen LogP contribution in [0.2, 0.25) is 0 Å². The van der Waals surface area contributed by atoms with Crippen LogP contribution < -0.4 is 11.1 Å². The molecule has 150 valence electrons. The van der Waals surface area contributed by atoms with Gasteiger partial charge < -0.3 is 10.2 Å². The summed E-state index contributed by atoms with van der Waals surface area (Å²) in [6.45, 7) is 6.69. The lowest BCUT2D eigenvalue weighted by atomic mass is 10.0. The molecule has 8 nitrogen and oxygen atoms in total. The minimum absolute atomic E-state index is 0.0124. The molecule has 1 fully saturated rings. The van der Waals surface area contributed by atoms with Crippen LogP contribution in [0.15, 0.2) is 33.6 Å². The van der Waals surface area contributed by atoms with E-state index in [4.69, 9.17) is 4.52 Å². The van der Waals surface area contributed by atoms with E-state index in [1.165, 1.54) is 4.57 Å². The zero-order valence-electron chi connectivity index (χ0n) is 16.5. The fraction of sp³-hybridized carbons (Fsp3) is 0.500. The molecule has 0 atom stereocenters. The van der Waals surface area contributed by atoms with E-state index in [-0.39, 0.29) is 30.3 Å². The number of hydrogen-bond acceptors (Lipinski definition) is 5. The molecule has 1 aromatic carbocycles. The van der Waals surface area contributed by atoms with Gasteiger partial charge in [0.1, 0.15) is 6.54 Å². The molecule has 0 spiro atoms. The Balaban J connectivity index is 1.55. The molecule has 3 rings (SSSR count). The summed E-state index contributed by atoms with van der Waals surface area (Å²) in [5.41, 5.74) is 1.61. The quantitative estimate of drug-likeness (QED) is 0.843. The minimum Gasteiger partial charge on any atom is -0.349 e. The molecule has 2 aromatic rings. The average Bonchev–Trinajstić information content (AvgIpc) is 3.03. The Labute approximate surface area is 163 Å². The van der Waals surface area contributed by atoms with Crippen molar-refractivity contribution in [1.29, 1.82) is 0 Å². The number of aromatic nitrogens is 2. The Bertz CT molecular complexity index is 907. The maximum atomic E-state index is 12.6. The molecule has 1 aliphatic heterocycles. The van der Waals surface area contributed by atoms with E-state index in [0.29, 0.717) is 37.3 Å². The Hall–Kier alpha value is -2.90. The van der Waals surface area contributed by atoms with Gasteiger partial charge in [0.25, 0.3) is 5.91 Å². The molecule has 28 heavy (non-hydrogen) atoms. The van der Waals surface area contributed by atoms with Gasteiger partial charge in [-0.2, -0.15) is 0 Å². The molecule has 1 N–H and O–H groups in total. The third-order valence-corrected chi connectivity index (χ3v) is 5.10. The van der Waals surface area contributed by atoms with Crippen molar-refractivity contribution < 1.29 is 14.1 Å². The standard InChI is InChI=1S/C20H26N4O4/c1-13(2)18-22-28-20(27)24(18)12-17(25)23-10-8-15(9-11-23)21-19(26)16-7-5-4-6-14(16)3/h4-7,13,15H,8-12H2,1-3H3,(H,21,26). The summed E-state index contributed by atoms with van der Waals surface area (Å²) in [6.07, 6.45) is 1.36. The van der Waals surface area contributed by atoms with E-state index in [1.54, 1.807) is 4.90 Å². The summed E-state index contributed by atoms with van der Waals surface area (Å²) in [4.78, 5) is 38.6. The fourth-order valence-electron chi connectivity index (χ4n) is 3.44. The molecule has 2 amide bonds. The first-order valence-corrected chi connectivity index (χ1v) is 9.57. The molecule has 0 unspecified atom stereocenters. The van der Waals surface area contributed by atoms with Crippen LogP contribution in [0.3, 0.4) is 0 Å². The fourth-order valence-corrected chi connectivity index (χ4v) is 3.44. The second-order valence-corrected chi connectivity index (χ2v) is 7.49. The molecule has 8 heteroatoms. The van der Waals surface area contributed by atoms with Gasteiger partial charge in [0.15, 0.2) is 5.82 Å². The number of aryl methyl sites for hydroxylation is 1. The number of amides is 2. The van der Waals surface area contributed by atoms with E-state index in [1.807, 2.05) is 45.0 Å². The highest BCUT2D eigenvalue weighted by molar-refractivity contribution is 5.95. The molecule has 1 aliphatic rings. The van der Waals surface area contributed by atoms with Gasteiger partial charge in [0, 0.05) is 30.6 Å². The summed E-state index contributed by atoms with van der Waals surface area (Å²) in [7, 11) is 0. The molecular formula is C20H26N4O4. The topological polar surface area (TPSA) is 97.4 Å². The Morgan fingerprint density at radius 1 is 1.25 bits per heavy atom. The van der Waals surface area contributed by atoms with E-state index >= 15 is 0 Å². The van der Waals surface area contributed by atoms with Crippen LogP contribution in [-0.4, -0.2) is 45.6 Å². The van der Waals surface area contributed by atoms with Gasteiger partial charge in [-0.05, 0) is 31.4 Å².